The van der Waals surface area contributed by atoms with Crippen molar-refractivity contribution >= 4 is 11.5 Å². The molecule has 0 spiro atoms. The van der Waals surface area contributed by atoms with Crippen molar-refractivity contribution in [3.8, 4) is 0 Å². The lowest BCUT2D eigenvalue weighted by Gasteiger charge is -2.31. The van der Waals surface area contributed by atoms with Crippen LogP contribution < -0.4 is 0 Å². The molecule has 0 saturated carbocycles. The Bertz CT molecular complexity index is 917. The molecule has 0 aromatic carbocycles. The maximum atomic E-state index is 12.2. The van der Waals surface area contributed by atoms with Gasteiger partial charge in [0.2, 0.25) is 0 Å². The fourth-order valence-electron chi connectivity index (χ4n) is 4.64. The van der Waals surface area contributed by atoms with E-state index in [1.54, 1.807) is 13.0 Å². The van der Waals surface area contributed by atoms with Crippen molar-refractivity contribution in [2.24, 2.45) is 22.7 Å². The van der Waals surface area contributed by atoms with Crippen molar-refractivity contribution in [3.05, 3.63) is 71.0 Å². The van der Waals surface area contributed by atoms with E-state index in [4.69, 9.17) is 4.99 Å². The van der Waals surface area contributed by atoms with E-state index < -0.39 is 0 Å². The maximum Gasteiger partial charge on any atom is 0.154 e. The van der Waals surface area contributed by atoms with Crippen LogP contribution in [-0.4, -0.2) is 36.0 Å². The number of piperidine rings is 1. The summed E-state index contributed by atoms with van der Waals surface area (Å²) in [5.41, 5.74) is 6.38. The summed E-state index contributed by atoms with van der Waals surface area (Å²) < 4.78 is 0. The van der Waals surface area contributed by atoms with Crippen LogP contribution in [0.4, 0.5) is 0 Å². The Morgan fingerprint density at radius 1 is 0.972 bits per heavy atom. The van der Waals surface area contributed by atoms with Crippen LogP contribution in [-0.2, 0) is 4.79 Å². The smallest absolute Gasteiger partial charge is 0.154 e. The SMILES string of the molecule is C=C(C)\C(=C/C(=C\C)C(=C/C(C)=O)/N=C(\C=C/C(=C\C)C1CCN(CC)CC1)C(C)CC)C(C)CC. The molecule has 1 aliphatic rings. The molecule has 36 heavy (non-hydrogen) atoms. The summed E-state index contributed by atoms with van der Waals surface area (Å²) in [6.07, 6.45) is 17.1. The molecule has 0 amide bonds. The first-order valence-corrected chi connectivity index (χ1v) is 14.0. The van der Waals surface area contributed by atoms with Crippen molar-refractivity contribution < 1.29 is 4.79 Å². The molecule has 1 rings (SSSR count). The van der Waals surface area contributed by atoms with Gasteiger partial charge in [-0.15, -0.1) is 0 Å². The van der Waals surface area contributed by atoms with Crippen LogP contribution in [0.5, 0.6) is 0 Å². The molecule has 1 aliphatic heterocycles. The zero-order valence-corrected chi connectivity index (χ0v) is 24.7. The molecule has 0 N–H and O–H groups in total. The number of allylic oxidation sites excluding steroid dienone is 9. The Morgan fingerprint density at radius 2 is 1.58 bits per heavy atom. The summed E-state index contributed by atoms with van der Waals surface area (Å²) in [4.78, 5) is 19.9. The van der Waals surface area contributed by atoms with E-state index in [1.807, 2.05) is 6.92 Å². The highest BCUT2D eigenvalue weighted by Gasteiger charge is 2.20. The maximum absolute atomic E-state index is 12.2. The van der Waals surface area contributed by atoms with E-state index in [-0.39, 0.29) is 11.7 Å². The first-order chi connectivity index (χ1) is 17.1. The number of nitrogens with zero attached hydrogens (tertiary/aromatic N) is 2. The summed E-state index contributed by atoms with van der Waals surface area (Å²) in [5, 5.41) is 0. The second-order valence-corrected chi connectivity index (χ2v) is 10.3. The van der Waals surface area contributed by atoms with E-state index >= 15 is 0 Å². The fourth-order valence-corrected chi connectivity index (χ4v) is 4.64. The number of rotatable bonds is 13. The van der Waals surface area contributed by atoms with E-state index in [1.165, 1.54) is 37.1 Å². The van der Waals surface area contributed by atoms with E-state index in [0.717, 1.165) is 41.9 Å². The molecule has 0 aliphatic carbocycles. The van der Waals surface area contributed by atoms with Crippen molar-refractivity contribution in [1.82, 2.24) is 4.90 Å². The number of ketones is 1. The van der Waals surface area contributed by atoms with Gasteiger partial charge in [0.15, 0.2) is 5.78 Å². The minimum absolute atomic E-state index is 0.00576. The van der Waals surface area contributed by atoms with Crippen LogP contribution >= 0.6 is 0 Å². The highest BCUT2D eigenvalue weighted by Crippen LogP contribution is 2.28. The van der Waals surface area contributed by atoms with Gasteiger partial charge in [-0.1, -0.05) is 65.0 Å². The lowest BCUT2D eigenvalue weighted by atomic mass is 9.88. The summed E-state index contributed by atoms with van der Waals surface area (Å²) in [6.45, 7) is 26.6. The van der Waals surface area contributed by atoms with Crippen LogP contribution in [0.3, 0.4) is 0 Å². The molecule has 3 nitrogen and oxygen atoms in total. The number of carbonyl (C=O) groups excluding carboxylic acids is 1. The lowest BCUT2D eigenvalue weighted by molar-refractivity contribution is -0.112. The quantitative estimate of drug-likeness (QED) is 0.146. The van der Waals surface area contributed by atoms with Gasteiger partial charge >= 0.3 is 0 Å². The molecular weight excluding hydrogens is 440 g/mol. The van der Waals surface area contributed by atoms with E-state index in [9.17, 15) is 4.79 Å². The van der Waals surface area contributed by atoms with E-state index in [2.05, 4.69) is 90.3 Å². The average molecular weight is 493 g/mol. The number of aliphatic imine (C=N–C) groups is 1. The molecule has 1 heterocycles. The highest BCUT2D eigenvalue weighted by atomic mass is 16.1. The zero-order chi connectivity index (χ0) is 27.3. The minimum Gasteiger partial charge on any atom is -0.304 e. The molecule has 200 valence electrons. The summed E-state index contributed by atoms with van der Waals surface area (Å²) in [7, 11) is 0. The highest BCUT2D eigenvalue weighted by molar-refractivity contribution is 5.99. The fraction of sp³-hybridized carbons (Fsp3) is 0.576. The summed E-state index contributed by atoms with van der Waals surface area (Å²) in [6, 6.07) is 0. The van der Waals surface area contributed by atoms with Gasteiger partial charge in [-0.2, -0.15) is 0 Å². The van der Waals surface area contributed by atoms with Gasteiger partial charge in [0, 0.05) is 11.8 Å². The van der Waals surface area contributed by atoms with Crippen LogP contribution in [0, 0.1) is 17.8 Å². The van der Waals surface area contributed by atoms with E-state index in [0.29, 0.717) is 11.8 Å². The van der Waals surface area contributed by atoms with Gasteiger partial charge in [0.05, 0.1) is 5.70 Å². The third-order valence-electron chi connectivity index (χ3n) is 7.55. The topological polar surface area (TPSA) is 32.7 Å². The molecule has 0 aromatic heterocycles. The van der Waals surface area contributed by atoms with Gasteiger partial charge in [0.25, 0.3) is 0 Å². The minimum atomic E-state index is 0.00576. The van der Waals surface area contributed by atoms with Gasteiger partial charge in [0.1, 0.15) is 0 Å². The van der Waals surface area contributed by atoms with Crippen molar-refractivity contribution in [1.29, 1.82) is 0 Å². The monoisotopic (exact) mass is 492 g/mol. The van der Waals surface area contributed by atoms with Crippen molar-refractivity contribution in [3.63, 3.8) is 0 Å². The summed E-state index contributed by atoms with van der Waals surface area (Å²) in [5.74, 6) is 1.28. The molecule has 2 unspecified atom stereocenters. The molecule has 1 fully saturated rings. The second kappa shape index (κ2) is 16.5. The Morgan fingerprint density at radius 3 is 2.03 bits per heavy atom. The lowest BCUT2D eigenvalue weighted by Crippen LogP contribution is -2.33. The Labute approximate surface area is 222 Å². The number of hydrogen-bond donors (Lipinski definition) is 0. The Hall–Kier alpha value is -2.26. The third kappa shape index (κ3) is 10.0. The van der Waals surface area contributed by atoms with Crippen LogP contribution in [0.1, 0.15) is 88.0 Å². The molecule has 3 heteroatoms. The molecule has 0 bridgehead atoms. The number of likely N-dealkylation sites (tertiary alicyclic amines) is 1. The predicted octanol–water partition coefficient (Wildman–Crippen LogP) is 8.68. The average Bonchev–Trinajstić information content (AvgIpc) is 2.87. The van der Waals surface area contributed by atoms with Crippen LogP contribution in [0.25, 0.3) is 0 Å². The van der Waals surface area contributed by atoms with Gasteiger partial charge in [-0.25, -0.2) is 0 Å². The van der Waals surface area contributed by atoms with Gasteiger partial charge in [-0.3, -0.25) is 9.79 Å². The zero-order valence-electron chi connectivity index (χ0n) is 24.7. The molecule has 0 radical (unpaired) electrons. The molecular formula is C33H52N2O. The largest absolute Gasteiger partial charge is 0.304 e. The van der Waals surface area contributed by atoms with Crippen molar-refractivity contribution in [2.45, 2.75) is 88.0 Å². The molecule has 0 aromatic rings. The number of hydrogen-bond acceptors (Lipinski definition) is 3. The third-order valence-corrected chi connectivity index (χ3v) is 7.55. The standard InChI is InChI=1S/C33H52N2O/c1-11-25(8)31(24(6)7)23-29(14-4)33(22-27(10)36)34-32(26(9)12-2)17-16-28(13-3)30-18-20-35(15-5)21-19-30/h13-14,16-17,22-23,25-26,30H,6,11-12,15,18-21H2,1-5,7-10H3/b17-16-,28-13+,29-14+,31-23+,33-22-,34-32+. The Kier molecular flexibility index (Phi) is 14.5. The predicted molar refractivity (Wildman–Crippen MR) is 159 cm³/mol. The number of carbonyl (C=O) groups is 1. The van der Waals surface area contributed by atoms with Gasteiger partial charge < -0.3 is 4.90 Å². The molecule has 2 atom stereocenters. The van der Waals surface area contributed by atoms with Crippen LogP contribution in [0.15, 0.2) is 76.0 Å². The first kappa shape index (κ1) is 31.8. The van der Waals surface area contributed by atoms with Crippen molar-refractivity contribution in [2.75, 3.05) is 19.6 Å². The second-order valence-electron chi connectivity index (χ2n) is 10.3. The summed E-state index contributed by atoms with van der Waals surface area (Å²) >= 11 is 0. The normalized spacial score (nSPS) is 19.6. The molecule has 1 saturated heterocycles. The van der Waals surface area contributed by atoms with Crippen LogP contribution in [0.2, 0.25) is 0 Å². The first-order valence-electron chi connectivity index (χ1n) is 14.0. The van der Waals surface area contributed by atoms with Gasteiger partial charge in [-0.05, 0) is 120 Å². The Balaban J connectivity index is 3.45.